The van der Waals surface area contributed by atoms with Gasteiger partial charge in [-0.2, -0.15) is 0 Å². The third-order valence-electron chi connectivity index (χ3n) is 2.85. The van der Waals surface area contributed by atoms with E-state index in [1.165, 1.54) is 7.11 Å². The Labute approximate surface area is 133 Å². The number of ether oxygens (including phenoxy) is 1. The summed E-state index contributed by atoms with van der Waals surface area (Å²) in [6.45, 7) is 2.34. The van der Waals surface area contributed by atoms with E-state index in [2.05, 4.69) is 20.6 Å². The number of rotatable bonds is 6. The van der Waals surface area contributed by atoms with E-state index in [4.69, 9.17) is 16.3 Å². The summed E-state index contributed by atoms with van der Waals surface area (Å²) in [6, 6.07) is 5.05. The molecule has 1 amide bonds. The Hall–Kier alpha value is -2.34. The minimum absolute atomic E-state index is 0.153. The summed E-state index contributed by atoms with van der Waals surface area (Å²) in [6.07, 6.45) is 3.70. The lowest BCUT2D eigenvalue weighted by molar-refractivity contribution is -0.116. The predicted molar refractivity (Wildman–Crippen MR) is 86.5 cm³/mol. The second-order valence-corrected chi connectivity index (χ2v) is 5.09. The quantitative estimate of drug-likeness (QED) is 0.856. The summed E-state index contributed by atoms with van der Waals surface area (Å²) in [4.78, 5) is 20.2. The van der Waals surface area contributed by atoms with Gasteiger partial charge in [-0.25, -0.2) is 9.97 Å². The normalized spacial score (nSPS) is 10.1. The molecule has 1 aromatic carbocycles. The zero-order valence-electron chi connectivity index (χ0n) is 12.4. The van der Waals surface area contributed by atoms with Crippen molar-refractivity contribution < 1.29 is 9.53 Å². The number of benzene rings is 1. The van der Waals surface area contributed by atoms with Gasteiger partial charge in [0.25, 0.3) is 0 Å². The summed E-state index contributed by atoms with van der Waals surface area (Å²) in [7, 11) is 1.54. The van der Waals surface area contributed by atoms with Crippen molar-refractivity contribution in [3.8, 4) is 5.75 Å². The Morgan fingerprint density at radius 2 is 2.05 bits per heavy atom. The van der Waals surface area contributed by atoms with Gasteiger partial charge >= 0.3 is 0 Å². The Morgan fingerprint density at radius 3 is 2.73 bits per heavy atom. The molecule has 2 aromatic rings. The molecule has 0 fully saturated rings. The molecule has 0 saturated heterocycles. The summed E-state index contributed by atoms with van der Waals surface area (Å²) in [5, 5.41) is 6.29. The zero-order chi connectivity index (χ0) is 15.9. The molecule has 2 rings (SSSR count). The van der Waals surface area contributed by atoms with Gasteiger partial charge in [-0.3, -0.25) is 4.79 Å². The number of carbonyl (C=O) groups is 1. The van der Waals surface area contributed by atoms with E-state index in [1.807, 2.05) is 6.92 Å². The van der Waals surface area contributed by atoms with E-state index >= 15 is 0 Å². The molecule has 22 heavy (non-hydrogen) atoms. The molecule has 1 heterocycles. The van der Waals surface area contributed by atoms with Gasteiger partial charge in [-0.05, 0) is 30.7 Å². The first-order chi connectivity index (χ1) is 10.6. The molecule has 0 bridgehead atoms. The lowest BCUT2D eigenvalue weighted by Gasteiger charge is -2.10. The summed E-state index contributed by atoms with van der Waals surface area (Å²) < 4.78 is 5.18. The molecule has 0 unspecified atom stereocenters. The average molecular weight is 321 g/mol. The Morgan fingerprint density at radius 1 is 1.32 bits per heavy atom. The second kappa shape index (κ2) is 7.61. The molecular weight excluding hydrogens is 304 g/mol. The number of hydrogen-bond acceptors (Lipinski definition) is 5. The third kappa shape index (κ3) is 4.60. The van der Waals surface area contributed by atoms with Gasteiger partial charge in [0, 0.05) is 30.4 Å². The average Bonchev–Trinajstić information content (AvgIpc) is 2.49. The van der Waals surface area contributed by atoms with Gasteiger partial charge in [0.1, 0.15) is 5.75 Å². The smallest absolute Gasteiger partial charge is 0.226 e. The number of methoxy groups -OCH3 is 1. The first-order valence-electron chi connectivity index (χ1n) is 6.74. The van der Waals surface area contributed by atoms with Crippen molar-refractivity contribution in [1.82, 2.24) is 9.97 Å². The molecule has 0 saturated carbocycles. The van der Waals surface area contributed by atoms with Gasteiger partial charge < -0.3 is 15.4 Å². The second-order valence-electron chi connectivity index (χ2n) is 4.65. The number of anilines is 2. The SMILES string of the molecule is COc1ccc(Cl)cc1NC(=O)CCNc1ncc(C)cn1. The Kier molecular flexibility index (Phi) is 5.55. The number of amides is 1. The molecule has 0 aliphatic carbocycles. The fraction of sp³-hybridized carbons (Fsp3) is 0.267. The standard InChI is InChI=1S/C15H17ClN4O2/c1-10-8-18-15(19-9-10)17-6-5-14(21)20-12-7-11(16)3-4-13(12)22-2/h3-4,7-9H,5-6H2,1-2H3,(H,20,21)(H,17,18,19). The van der Waals surface area contributed by atoms with Gasteiger partial charge in [0.15, 0.2) is 0 Å². The molecule has 7 heteroatoms. The molecule has 0 aliphatic heterocycles. The zero-order valence-corrected chi connectivity index (χ0v) is 13.1. The van der Waals surface area contributed by atoms with Crippen LogP contribution in [0.3, 0.4) is 0 Å². The van der Waals surface area contributed by atoms with Crippen LogP contribution < -0.4 is 15.4 Å². The summed E-state index contributed by atoms with van der Waals surface area (Å²) >= 11 is 5.92. The largest absolute Gasteiger partial charge is 0.495 e. The Bertz CT molecular complexity index is 646. The van der Waals surface area contributed by atoms with Crippen molar-refractivity contribution in [2.45, 2.75) is 13.3 Å². The van der Waals surface area contributed by atoms with Gasteiger partial charge in [0.05, 0.1) is 12.8 Å². The fourth-order valence-corrected chi connectivity index (χ4v) is 1.93. The van der Waals surface area contributed by atoms with Crippen LogP contribution in [-0.2, 0) is 4.79 Å². The maximum Gasteiger partial charge on any atom is 0.226 e. The van der Waals surface area contributed by atoms with Crippen molar-refractivity contribution in [2.24, 2.45) is 0 Å². The topological polar surface area (TPSA) is 76.1 Å². The molecule has 0 aliphatic rings. The van der Waals surface area contributed by atoms with Crippen molar-refractivity contribution in [1.29, 1.82) is 0 Å². The van der Waals surface area contributed by atoms with Crippen molar-refractivity contribution in [3.63, 3.8) is 0 Å². The van der Waals surface area contributed by atoms with E-state index in [9.17, 15) is 4.79 Å². The van der Waals surface area contributed by atoms with Crippen molar-refractivity contribution >= 4 is 29.1 Å². The predicted octanol–water partition coefficient (Wildman–Crippen LogP) is 2.89. The minimum atomic E-state index is -0.153. The van der Waals surface area contributed by atoms with Crippen molar-refractivity contribution in [3.05, 3.63) is 41.2 Å². The fourth-order valence-electron chi connectivity index (χ4n) is 1.76. The molecule has 0 spiro atoms. The summed E-state index contributed by atoms with van der Waals surface area (Å²) in [5.41, 5.74) is 1.53. The van der Waals surface area contributed by atoms with Crippen LogP contribution in [0, 0.1) is 6.92 Å². The maximum atomic E-state index is 11.9. The molecule has 116 valence electrons. The van der Waals surface area contributed by atoms with Crippen LogP contribution in [0.4, 0.5) is 11.6 Å². The molecule has 2 N–H and O–H groups in total. The number of aryl methyl sites for hydroxylation is 1. The van der Waals surface area contributed by atoms with Crippen LogP contribution in [0.25, 0.3) is 0 Å². The maximum absolute atomic E-state index is 11.9. The van der Waals surface area contributed by atoms with E-state index in [0.717, 1.165) is 5.56 Å². The first-order valence-corrected chi connectivity index (χ1v) is 7.12. The lowest BCUT2D eigenvalue weighted by atomic mass is 10.2. The van der Waals surface area contributed by atoms with Crippen LogP contribution in [0.1, 0.15) is 12.0 Å². The Balaban J connectivity index is 1.85. The molecular formula is C15H17ClN4O2. The van der Waals surface area contributed by atoms with Crippen LogP contribution in [0.2, 0.25) is 5.02 Å². The molecule has 0 radical (unpaired) electrons. The van der Waals surface area contributed by atoms with E-state index < -0.39 is 0 Å². The minimum Gasteiger partial charge on any atom is -0.495 e. The summed E-state index contributed by atoms with van der Waals surface area (Å²) in [5.74, 6) is 0.909. The monoisotopic (exact) mass is 320 g/mol. The van der Waals surface area contributed by atoms with Gasteiger partial charge in [-0.15, -0.1) is 0 Å². The first kappa shape index (κ1) is 16.0. The highest BCUT2D eigenvalue weighted by Crippen LogP contribution is 2.27. The van der Waals surface area contributed by atoms with Gasteiger partial charge in [-0.1, -0.05) is 11.6 Å². The van der Waals surface area contributed by atoms with E-state index in [1.54, 1.807) is 30.6 Å². The van der Waals surface area contributed by atoms with Crippen LogP contribution in [0.5, 0.6) is 5.75 Å². The van der Waals surface area contributed by atoms with Crippen LogP contribution in [0.15, 0.2) is 30.6 Å². The van der Waals surface area contributed by atoms with Gasteiger partial charge in [0.2, 0.25) is 11.9 Å². The van der Waals surface area contributed by atoms with Crippen LogP contribution in [-0.4, -0.2) is 29.5 Å². The third-order valence-corrected chi connectivity index (χ3v) is 3.09. The highest BCUT2D eigenvalue weighted by Gasteiger charge is 2.08. The number of halogens is 1. The van der Waals surface area contributed by atoms with Crippen molar-refractivity contribution in [2.75, 3.05) is 24.3 Å². The highest BCUT2D eigenvalue weighted by molar-refractivity contribution is 6.31. The molecule has 6 nitrogen and oxygen atoms in total. The number of nitrogens with one attached hydrogen (secondary N) is 2. The highest BCUT2D eigenvalue weighted by atomic mass is 35.5. The number of nitrogens with zero attached hydrogens (tertiary/aromatic N) is 2. The number of hydrogen-bond donors (Lipinski definition) is 2. The number of aromatic nitrogens is 2. The van der Waals surface area contributed by atoms with E-state index in [0.29, 0.717) is 29.0 Å². The van der Waals surface area contributed by atoms with E-state index in [-0.39, 0.29) is 12.3 Å². The van der Waals surface area contributed by atoms with Crippen LogP contribution >= 0.6 is 11.6 Å². The molecule has 1 aromatic heterocycles. The molecule has 0 atom stereocenters. The number of carbonyl (C=O) groups excluding carboxylic acids is 1. The lowest BCUT2D eigenvalue weighted by Crippen LogP contribution is -2.17.